The molecule has 0 aromatic heterocycles. The van der Waals surface area contributed by atoms with Crippen molar-refractivity contribution in [1.82, 2.24) is 0 Å². The second-order valence-corrected chi connectivity index (χ2v) is 5.35. The van der Waals surface area contributed by atoms with Gasteiger partial charge in [0, 0.05) is 0 Å². The van der Waals surface area contributed by atoms with Crippen LogP contribution in [0, 0.1) is 11.8 Å². The zero-order valence-corrected chi connectivity index (χ0v) is 7.54. The fraction of sp³-hybridized carbons (Fsp3) is 1.00. The molecule has 0 spiro atoms. The highest BCUT2D eigenvalue weighted by molar-refractivity contribution is 5.14. The predicted octanol–water partition coefficient (Wildman–Crippen LogP) is 1.01. The van der Waals surface area contributed by atoms with Gasteiger partial charge in [0.1, 0.15) is 0 Å². The smallest absolute Gasteiger partial charge is 0.157 e. The quantitative estimate of drug-likeness (QED) is 0.592. The third kappa shape index (κ3) is 0.895. The molecule has 0 aromatic rings. The Kier molecular flexibility index (Phi) is 1.31. The molecule has 4 aliphatic rings. The minimum Gasteiger partial charge on any atom is -0.387 e. The average molecular weight is 186 g/mol. The van der Waals surface area contributed by atoms with Crippen molar-refractivity contribution in [3.63, 3.8) is 0 Å². The molecule has 0 saturated heterocycles. The molecule has 4 saturated carbocycles. The van der Waals surface area contributed by atoms with Crippen LogP contribution in [-0.2, 0) is 0 Å². The summed E-state index contributed by atoms with van der Waals surface area (Å²) in [6.07, 6.45) is 1.92. The fourth-order valence-corrected chi connectivity index (χ4v) is 4.03. The molecule has 0 unspecified atom stereocenters. The maximum Gasteiger partial charge on any atom is 0.157 e. The van der Waals surface area contributed by atoms with Gasteiger partial charge in [-0.15, -0.1) is 0 Å². The van der Waals surface area contributed by atoms with Crippen molar-refractivity contribution in [3.05, 3.63) is 0 Å². The Hall–Kier alpha value is -0.150. The van der Waals surface area contributed by atoms with E-state index in [9.17, 15) is 14.6 Å². The number of aliphatic hydroxyl groups is 2. The summed E-state index contributed by atoms with van der Waals surface area (Å²) in [7, 11) is 0. The van der Waals surface area contributed by atoms with Crippen LogP contribution in [0.5, 0.6) is 0 Å². The lowest BCUT2D eigenvalue weighted by molar-refractivity contribution is -0.247. The van der Waals surface area contributed by atoms with Gasteiger partial charge in [0.05, 0.1) is 11.2 Å². The summed E-state index contributed by atoms with van der Waals surface area (Å²) in [6, 6.07) is 0. The zero-order valence-electron chi connectivity index (χ0n) is 7.54. The number of hydrogen-bond acceptors (Lipinski definition) is 2. The van der Waals surface area contributed by atoms with Crippen molar-refractivity contribution in [2.45, 2.75) is 49.5 Å². The van der Waals surface area contributed by atoms with E-state index in [1.807, 2.05) is 0 Å². The summed E-state index contributed by atoms with van der Waals surface area (Å²) in [5.41, 5.74) is -2.39. The van der Waals surface area contributed by atoms with Crippen LogP contribution in [0.2, 0.25) is 0 Å². The van der Waals surface area contributed by atoms with Gasteiger partial charge in [-0.05, 0) is 43.9 Å². The van der Waals surface area contributed by atoms with E-state index in [1.165, 1.54) is 0 Å². The van der Waals surface area contributed by atoms with E-state index in [1.54, 1.807) is 0 Å². The van der Waals surface area contributed by atoms with E-state index in [0.29, 0.717) is 37.5 Å². The third-order valence-electron chi connectivity index (χ3n) is 4.18. The summed E-state index contributed by atoms with van der Waals surface area (Å²) in [5, 5.41) is 20.0. The Morgan fingerprint density at radius 3 is 1.69 bits per heavy atom. The van der Waals surface area contributed by atoms with Gasteiger partial charge in [0.15, 0.2) is 6.17 Å². The summed E-state index contributed by atoms with van der Waals surface area (Å²) in [4.78, 5) is 0. The first-order valence-corrected chi connectivity index (χ1v) is 5.11. The molecule has 0 heterocycles. The molecule has 0 amide bonds. The normalized spacial score (nSPS) is 64.4. The lowest BCUT2D eigenvalue weighted by atomic mass is 9.51. The van der Waals surface area contributed by atoms with E-state index in [4.69, 9.17) is 0 Å². The highest BCUT2D eigenvalue weighted by atomic mass is 19.1. The standard InChI is InChI=1S/C10H15FO2/c11-8-9(12)2-6-1-7(4-9)5-10(8,13)3-6/h6-8,12-13H,1-5H2. The highest BCUT2D eigenvalue weighted by Crippen LogP contribution is 2.58. The van der Waals surface area contributed by atoms with Crippen molar-refractivity contribution in [2.75, 3.05) is 0 Å². The van der Waals surface area contributed by atoms with Gasteiger partial charge in [-0.3, -0.25) is 0 Å². The van der Waals surface area contributed by atoms with Gasteiger partial charge in [-0.2, -0.15) is 0 Å². The topological polar surface area (TPSA) is 40.5 Å². The number of rotatable bonds is 0. The molecule has 4 rings (SSSR count). The first-order chi connectivity index (χ1) is 6.02. The van der Waals surface area contributed by atoms with Crippen LogP contribution in [0.3, 0.4) is 0 Å². The summed E-state index contributed by atoms with van der Waals surface area (Å²) in [5.74, 6) is 0.712. The van der Waals surface area contributed by atoms with Gasteiger partial charge in [0.2, 0.25) is 0 Å². The van der Waals surface area contributed by atoms with Crippen molar-refractivity contribution < 1.29 is 14.6 Å². The van der Waals surface area contributed by atoms with Gasteiger partial charge in [-0.1, -0.05) is 0 Å². The summed E-state index contributed by atoms with van der Waals surface area (Å²) in [6.45, 7) is 0. The van der Waals surface area contributed by atoms with Crippen LogP contribution in [0.1, 0.15) is 32.1 Å². The van der Waals surface area contributed by atoms with Crippen molar-refractivity contribution in [2.24, 2.45) is 11.8 Å². The molecule has 2 nitrogen and oxygen atoms in total. The molecule has 0 radical (unpaired) electrons. The van der Waals surface area contributed by atoms with E-state index < -0.39 is 17.4 Å². The number of halogens is 1. The second-order valence-electron chi connectivity index (χ2n) is 5.35. The first kappa shape index (κ1) is 8.18. The van der Waals surface area contributed by atoms with E-state index in [0.717, 1.165) is 6.42 Å². The first-order valence-electron chi connectivity index (χ1n) is 5.11. The second kappa shape index (κ2) is 2.09. The van der Waals surface area contributed by atoms with Crippen LogP contribution in [-0.4, -0.2) is 27.6 Å². The lowest BCUT2D eigenvalue weighted by Crippen LogP contribution is -2.67. The van der Waals surface area contributed by atoms with Crippen molar-refractivity contribution in [1.29, 1.82) is 0 Å². The van der Waals surface area contributed by atoms with E-state index in [-0.39, 0.29) is 0 Å². The third-order valence-corrected chi connectivity index (χ3v) is 4.18. The fourth-order valence-electron chi connectivity index (χ4n) is 4.03. The maximum absolute atomic E-state index is 13.8. The minimum atomic E-state index is -1.41. The average Bonchev–Trinajstić information content (AvgIpc) is 1.97. The number of hydrogen-bond donors (Lipinski definition) is 2. The van der Waals surface area contributed by atoms with Crippen molar-refractivity contribution >= 4 is 0 Å². The van der Waals surface area contributed by atoms with Gasteiger partial charge < -0.3 is 10.2 Å². The summed E-state index contributed by atoms with van der Waals surface area (Å²) < 4.78 is 13.8. The van der Waals surface area contributed by atoms with Crippen LogP contribution in [0.4, 0.5) is 4.39 Å². The molecule has 2 N–H and O–H groups in total. The molecule has 13 heavy (non-hydrogen) atoms. The van der Waals surface area contributed by atoms with Crippen molar-refractivity contribution in [3.8, 4) is 0 Å². The highest BCUT2D eigenvalue weighted by Gasteiger charge is 2.63. The lowest BCUT2D eigenvalue weighted by Gasteiger charge is -2.59. The largest absolute Gasteiger partial charge is 0.387 e. The van der Waals surface area contributed by atoms with Crippen LogP contribution >= 0.6 is 0 Å². The Morgan fingerprint density at radius 2 is 1.31 bits per heavy atom. The van der Waals surface area contributed by atoms with E-state index in [2.05, 4.69) is 0 Å². The Morgan fingerprint density at radius 1 is 0.923 bits per heavy atom. The molecule has 0 aromatic carbocycles. The predicted molar refractivity (Wildman–Crippen MR) is 44.9 cm³/mol. The molecule has 0 aliphatic heterocycles. The van der Waals surface area contributed by atoms with Gasteiger partial charge in [0.25, 0.3) is 0 Å². The zero-order chi connectivity index (χ0) is 9.27. The molecule has 4 fully saturated rings. The molecule has 4 aliphatic carbocycles. The molecule has 0 atom stereocenters. The summed E-state index contributed by atoms with van der Waals surface area (Å²) >= 11 is 0. The van der Waals surface area contributed by atoms with E-state index >= 15 is 0 Å². The Balaban J connectivity index is 2.03. The SMILES string of the molecule is OC12CC3CC(C1)CC(O)(C3)C2F. The molecular weight excluding hydrogens is 171 g/mol. The minimum absolute atomic E-state index is 0.356. The van der Waals surface area contributed by atoms with Crippen LogP contribution in [0.25, 0.3) is 0 Å². The Labute approximate surface area is 76.8 Å². The molecular formula is C10H15FO2. The Bertz CT molecular complexity index is 217. The molecule has 4 bridgehead atoms. The maximum atomic E-state index is 13.8. The van der Waals surface area contributed by atoms with Gasteiger partial charge >= 0.3 is 0 Å². The van der Waals surface area contributed by atoms with Crippen LogP contribution in [0.15, 0.2) is 0 Å². The van der Waals surface area contributed by atoms with Gasteiger partial charge in [-0.25, -0.2) is 4.39 Å². The molecule has 3 heteroatoms. The van der Waals surface area contributed by atoms with Crippen LogP contribution < -0.4 is 0 Å². The number of alkyl halides is 1. The molecule has 74 valence electrons. The monoisotopic (exact) mass is 186 g/mol.